The number of cyclic esters (lactones) is 1. The Labute approximate surface area is 207 Å². The number of fused-ring (bicyclic) bond motifs is 3. The molecule has 2 aliphatic heterocycles. The highest BCUT2D eigenvalue weighted by molar-refractivity contribution is 5.96. The Morgan fingerprint density at radius 3 is 2.31 bits per heavy atom. The van der Waals surface area contributed by atoms with Crippen LogP contribution in [0.1, 0.15) is 62.6 Å². The molecular weight excluding hydrogens is 476 g/mol. The molecule has 5 atom stereocenters. The predicted octanol–water partition coefficient (Wildman–Crippen LogP) is 2.39. The van der Waals surface area contributed by atoms with Crippen LogP contribution in [0.15, 0.2) is 24.3 Å². The largest absolute Gasteiger partial charge is 0.497 e. The highest BCUT2D eigenvalue weighted by atomic mass is 16.6. The van der Waals surface area contributed by atoms with Crippen molar-refractivity contribution in [3.8, 4) is 11.5 Å². The predicted molar refractivity (Wildman–Crippen MR) is 121 cm³/mol. The first-order valence-electron chi connectivity index (χ1n) is 11.3. The van der Waals surface area contributed by atoms with Crippen molar-refractivity contribution in [2.45, 2.75) is 71.1 Å². The van der Waals surface area contributed by atoms with Gasteiger partial charge >= 0.3 is 23.9 Å². The molecule has 3 rings (SSSR count). The number of carbonyl (C=O) groups is 5. The fourth-order valence-corrected chi connectivity index (χ4v) is 3.93. The van der Waals surface area contributed by atoms with Crippen molar-refractivity contribution in [2.75, 3.05) is 7.11 Å². The molecule has 11 heteroatoms. The van der Waals surface area contributed by atoms with E-state index in [-0.39, 0.29) is 24.2 Å². The summed E-state index contributed by atoms with van der Waals surface area (Å²) in [5.41, 5.74) is 0.320. The van der Waals surface area contributed by atoms with Crippen molar-refractivity contribution in [2.24, 2.45) is 0 Å². The Balaban J connectivity index is 2.09. The van der Waals surface area contributed by atoms with E-state index >= 15 is 0 Å². The summed E-state index contributed by atoms with van der Waals surface area (Å²) >= 11 is 0. The van der Waals surface area contributed by atoms with E-state index in [1.165, 1.54) is 39.2 Å². The molecule has 2 aliphatic rings. The molecule has 0 saturated carbocycles. The van der Waals surface area contributed by atoms with Crippen LogP contribution >= 0.6 is 0 Å². The van der Waals surface area contributed by atoms with E-state index in [0.29, 0.717) is 11.3 Å². The Bertz CT molecular complexity index is 1090. The van der Waals surface area contributed by atoms with Gasteiger partial charge in [-0.2, -0.15) is 0 Å². The summed E-state index contributed by atoms with van der Waals surface area (Å²) in [6.07, 6.45) is -1.77. The summed E-state index contributed by atoms with van der Waals surface area (Å²) in [5, 5.41) is 0. The molecule has 0 unspecified atom stereocenters. The highest BCUT2D eigenvalue weighted by Gasteiger charge is 2.48. The number of hydrogen-bond donors (Lipinski definition) is 0. The van der Waals surface area contributed by atoms with Gasteiger partial charge in [-0.15, -0.1) is 0 Å². The van der Waals surface area contributed by atoms with Crippen LogP contribution in [0, 0.1) is 0 Å². The van der Waals surface area contributed by atoms with E-state index in [1.807, 2.05) is 0 Å². The van der Waals surface area contributed by atoms with Crippen LogP contribution in [0.3, 0.4) is 0 Å². The second-order valence-electron chi connectivity index (χ2n) is 8.45. The molecule has 0 radical (unpaired) electrons. The minimum absolute atomic E-state index is 0.0111. The molecule has 1 saturated heterocycles. The maximum absolute atomic E-state index is 13.2. The number of epoxide rings is 1. The Morgan fingerprint density at radius 2 is 1.69 bits per heavy atom. The lowest BCUT2D eigenvalue weighted by atomic mass is 9.96. The molecule has 1 fully saturated rings. The lowest BCUT2D eigenvalue weighted by Gasteiger charge is -2.24. The lowest BCUT2D eigenvalue weighted by Crippen LogP contribution is -2.40. The van der Waals surface area contributed by atoms with Gasteiger partial charge in [0.25, 0.3) is 0 Å². The Morgan fingerprint density at radius 1 is 1.00 bits per heavy atom. The summed E-state index contributed by atoms with van der Waals surface area (Å²) in [5.74, 6) is -3.16. The lowest BCUT2D eigenvalue weighted by molar-refractivity contribution is -0.169. The minimum Gasteiger partial charge on any atom is -0.497 e. The summed E-state index contributed by atoms with van der Waals surface area (Å²) in [6, 6.07) is 2.95. The van der Waals surface area contributed by atoms with Gasteiger partial charge in [0.2, 0.25) is 6.10 Å². The standard InChI is InChI=1S/C25H28O11/c1-12-7-6-8-18(29)24(35-15(4)28)21(34-14(3)27)11-20-23(36-20)17-9-16(31-5)10-19(33-13(2)26)22(17)25(30)32-12/h6,8-10,12,20-21,23-24H,7,11H2,1-5H3/b8-6-/t12-,20-,21+,23+,24+/m0/s1. The smallest absolute Gasteiger partial charge is 0.342 e. The van der Waals surface area contributed by atoms with Crippen molar-refractivity contribution < 1.29 is 52.4 Å². The van der Waals surface area contributed by atoms with E-state index in [9.17, 15) is 24.0 Å². The zero-order valence-electron chi connectivity index (χ0n) is 20.6. The third-order valence-electron chi connectivity index (χ3n) is 5.44. The highest BCUT2D eigenvalue weighted by Crippen LogP contribution is 2.47. The molecule has 0 aromatic heterocycles. The first kappa shape index (κ1) is 26.9. The summed E-state index contributed by atoms with van der Waals surface area (Å²) in [4.78, 5) is 61.3. The zero-order chi connectivity index (χ0) is 26.6. The second kappa shape index (κ2) is 11.3. The number of ether oxygens (including phenoxy) is 6. The van der Waals surface area contributed by atoms with Crippen molar-refractivity contribution in [1.29, 1.82) is 0 Å². The van der Waals surface area contributed by atoms with E-state index in [2.05, 4.69) is 0 Å². The van der Waals surface area contributed by atoms with Crippen molar-refractivity contribution >= 4 is 29.7 Å². The molecule has 0 spiro atoms. The number of methoxy groups -OCH3 is 1. The fourth-order valence-electron chi connectivity index (χ4n) is 3.93. The summed E-state index contributed by atoms with van der Waals surface area (Å²) < 4.78 is 32.5. The molecule has 0 N–H and O–H groups in total. The Kier molecular flexibility index (Phi) is 8.46. The van der Waals surface area contributed by atoms with Gasteiger partial charge in [-0.05, 0) is 19.1 Å². The maximum atomic E-state index is 13.2. The van der Waals surface area contributed by atoms with Crippen LogP contribution in [0.25, 0.3) is 0 Å². The fraction of sp³-hybridized carbons (Fsp3) is 0.480. The van der Waals surface area contributed by atoms with E-state index < -0.39 is 60.2 Å². The zero-order valence-corrected chi connectivity index (χ0v) is 20.6. The average Bonchev–Trinajstić information content (AvgIpc) is 3.53. The first-order valence-corrected chi connectivity index (χ1v) is 11.3. The average molecular weight is 504 g/mol. The number of ketones is 1. The van der Waals surface area contributed by atoms with E-state index in [0.717, 1.165) is 6.92 Å². The molecule has 0 bridgehead atoms. The second-order valence-corrected chi connectivity index (χ2v) is 8.45. The monoisotopic (exact) mass is 504 g/mol. The van der Waals surface area contributed by atoms with Crippen molar-refractivity contribution in [3.63, 3.8) is 0 Å². The van der Waals surface area contributed by atoms with Crippen LogP contribution in [-0.2, 0) is 38.1 Å². The maximum Gasteiger partial charge on any atom is 0.342 e. The molecule has 194 valence electrons. The molecule has 1 aromatic carbocycles. The van der Waals surface area contributed by atoms with Crippen molar-refractivity contribution in [1.82, 2.24) is 0 Å². The van der Waals surface area contributed by atoms with Crippen LogP contribution < -0.4 is 9.47 Å². The number of esters is 4. The van der Waals surface area contributed by atoms with Crippen LogP contribution in [0.4, 0.5) is 0 Å². The van der Waals surface area contributed by atoms with Crippen molar-refractivity contribution in [3.05, 3.63) is 35.4 Å². The van der Waals surface area contributed by atoms with Crippen LogP contribution in [-0.4, -0.2) is 61.2 Å². The Hall–Kier alpha value is -3.73. The normalized spacial score (nSPS) is 26.8. The number of benzene rings is 1. The third kappa shape index (κ3) is 6.69. The molecule has 36 heavy (non-hydrogen) atoms. The molecule has 1 aromatic rings. The van der Waals surface area contributed by atoms with Gasteiger partial charge in [-0.3, -0.25) is 19.2 Å². The minimum atomic E-state index is -1.39. The third-order valence-corrected chi connectivity index (χ3v) is 5.44. The van der Waals surface area contributed by atoms with Crippen LogP contribution in [0.2, 0.25) is 0 Å². The molecule has 0 amide bonds. The number of hydrogen-bond acceptors (Lipinski definition) is 11. The molecule has 2 heterocycles. The van der Waals surface area contributed by atoms with Crippen LogP contribution in [0.5, 0.6) is 11.5 Å². The van der Waals surface area contributed by atoms with Gasteiger partial charge in [-0.1, -0.05) is 6.08 Å². The van der Waals surface area contributed by atoms with Gasteiger partial charge in [-0.25, -0.2) is 4.79 Å². The first-order chi connectivity index (χ1) is 17.0. The van der Waals surface area contributed by atoms with E-state index in [1.54, 1.807) is 13.0 Å². The number of rotatable bonds is 4. The van der Waals surface area contributed by atoms with Gasteiger partial charge in [0.15, 0.2) is 5.78 Å². The summed E-state index contributed by atoms with van der Waals surface area (Å²) in [6.45, 7) is 5.13. The summed E-state index contributed by atoms with van der Waals surface area (Å²) in [7, 11) is 1.41. The van der Waals surface area contributed by atoms with Gasteiger partial charge in [0.05, 0.1) is 13.2 Å². The number of carbonyl (C=O) groups excluding carboxylic acids is 5. The van der Waals surface area contributed by atoms with Gasteiger partial charge in [0, 0.05) is 45.2 Å². The molecular formula is C25H28O11. The quantitative estimate of drug-likeness (QED) is 0.258. The van der Waals surface area contributed by atoms with Gasteiger partial charge in [0.1, 0.15) is 35.4 Å². The van der Waals surface area contributed by atoms with Gasteiger partial charge < -0.3 is 28.4 Å². The topological polar surface area (TPSA) is 144 Å². The molecule has 0 aliphatic carbocycles. The molecule has 11 nitrogen and oxygen atoms in total. The SMILES string of the molecule is COc1cc(OC(C)=O)c2c(c1)[C@H]1O[C@H]1C[C@@H](OC(C)=O)[C@H](OC(C)=O)C(=O)/C=C\C[C@H](C)OC2=O. The van der Waals surface area contributed by atoms with E-state index in [4.69, 9.17) is 28.4 Å².